The highest BCUT2D eigenvalue weighted by molar-refractivity contribution is 7.92. The van der Waals surface area contributed by atoms with Gasteiger partial charge in [-0.25, -0.2) is 8.42 Å². The van der Waals surface area contributed by atoms with E-state index in [0.717, 1.165) is 5.56 Å². The fourth-order valence-corrected chi connectivity index (χ4v) is 4.38. The molecule has 0 saturated heterocycles. The molecule has 0 heterocycles. The average Bonchev–Trinajstić information content (AvgIpc) is 2.82. The number of hydrogen-bond donors (Lipinski definition) is 2. The Hall–Kier alpha value is -4.10. The molecular formula is C27H24N2O4S. The number of nitrogens with one attached hydrogen (secondary N) is 2. The molecule has 0 aliphatic rings. The highest BCUT2D eigenvalue weighted by atomic mass is 32.2. The Morgan fingerprint density at radius 1 is 0.765 bits per heavy atom. The topological polar surface area (TPSA) is 84.5 Å². The summed E-state index contributed by atoms with van der Waals surface area (Å²) in [6.07, 6.45) is 0. The number of hydrogen-bond acceptors (Lipinski definition) is 4. The van der Waals surface area contributed by atoms with Crippen LogP contribution in [0.25, 0.3) is 0 Å². The predicted octanol–water partition coefficient (Wildman–Crippen LogP) is 6.15. The van der Waals surface area contributed by atoms with Crippen molar-refractivity contribution in [3.05, 3.63) is 114 Å². The molecule has 0 fully saturated rings. The van der Waals surface area contributed by atoms with Crippen molar-refractivity contribution in [2.45, 2.75) is 18.7 Å². The molecule has 2 N–H and O–H groups in total. The van der Waals surface area contributed by atoms with Crippen molar-refractivity contribution in [3.8, 4) is 11.5 Å². The summed E-state index contributed by atoms with van der Waals surface area (Å²) in [4.78, 5) is 13.2. The molecule has 6 nitrogen and oxygen atoms in total. The van der Waals surface area contributed by atoms with Gasteiger partial charge in [-0.2, -0.15) is 0 Å². The number of aryl methyl sites for hydroxylation is 2. The van der Waals surface area contributed by atoms with E-state index < -0.39 is 10.0 Å². The molecule has 0 radical (unpaired) electrons. The minimum Gasteiger partial charge on any atom is -0.455 e. The van der Waals surface area contributed by atoms with Crippen molar-refractivity contribution in [2.75, 3.05) is 10.0 Å². The van der Waals surface area contributed by atoms with Gasteiger partial charge in [0.2, 0.25) is 0 Å². The van der Waals surface area contributed by atoms with E-state index in [1.165, 1.54) is 6.07 Å². The molecule has 0 atom stereocenters. The number of anilines is 2. The quantitative estimate of drug-likeness (QED) is 0.338. The van der Waals surface area contributed by atoms with Crippen LogP contribution in [0.4, 0.5) is 11.4 Å². The van der Waals surface area contributed by atoms with Crippen LogP contribution in [0.15, 0.2) is 102 Å². The third kappa shape index (κ3) is 5.44. The van der Waals surface area contributed by atoms with Crippen LogP contribution in [0.1, 0.15) is 21.5 Å². The molecular weight excluding hydrogens is 448 g/mol. The van der Waals surface area contributed by atoms with E-state index in [9.17, 15) is 13.2 Å². The molecule has 0 saturated carbocycles. The van der Waals surface area contributed by atoms with Crippen LogP contribution in [-0.2, 0) is 10.0 Å². The Kier molecular flexibility index (Phi) is 6.65. The lowest BCUT2D eigenvalue weighted by Gasteiger charge is -2.14. The maximum atomic E-state index is 13.0. The first-order valence-corrected chi connectivity index (χ1v) is 12.1. The summed E-state index contributed by atoms with van der Waals surface area (Å²) < 4.78 is 34.2. The van der Waals surface area contributed by atoms with Gasteiger partial charge in [0.05, 0.1) is 16.3 Å². The van der Waals surface area contributed by atoms with Gasteiger partial charge < -0.3 is 10.1 Å². The van der Waals surface area contributed by atoms with Crippen LogP contribution >= 0.6 is 0 Å². The van der Waals surface area contributed by atoms with E-state index in [2.05, 4.69) is 10.0 Å². The Bertz CT molecular complexity index is 1420. The maximum absolute atomic E-state index is 13.0. The fourth-order valence-electron chi connectivity index (χ4n) is 3.26. The minimum atomic E-state index is -3.80. The monoisotopic (exact) mass is 472 g/mol. The molecule has 0 aromatic heterocycles. The normalized spacial score (nSPS) is 11.0. The maximum Gasteiger partial charge on any atom is 0.261 e. The Balaban J connectivity index is 1.55. The Labute approximate surface area is 199 Å². The van der Waals surface area contributed by atoms with Crippen molar-refractivity contribution in [2.24, 2.45) is 0 Å². The highest BCUT2D eigenvalue weighted by Crippen LogP contribution is 2.30. The van der Waals surface area contributed by atoms with Crippen LogP contribution in [0.3, 0.4) is 0 Å². The predicted molar refractivity (Wildman–Crippen MR) is 134 cm³/mol. The number of rotatable bonds is 7. The summed E-state index contributed by atoms with van der Waals surface area (Å²) >= 11 is 0. The van der Waals surface area contributed by atoms with Crippen LogP contribution in [0.2, 0.25) is 0 Å². The second-order valence-electron chi connectivity index (χ2n) is 7.81. The van der Waals surface area contributed by atoms with Crippen molar-refractivity contribution in [1.29, 1.82) is 0 Å². The first-order valence-electron chi connectivity index (χ1n) is 10.7. The number of benzene rings is 4. The standard InChI is InChI=1S/C27H24N2O4S/c1-19-12-16-23(17-13-19)34(31,32)29-25-18-21(15-14-20(25)2)27(30)28-24-10-6-7-11-26(24)33-22-8-4-3-5-9-22/h3-18,29H,1-2H3,(H,28,30). The van der Waals surface area contributed by atoms with E-state index in [4.69, 9.17) is 4.74 Å². The number of ether oxygens (including phenoxy) is 1. The van der Waals surface area contributed by atoms with E-state index in [1.54, 1.807) is 61.5 Å². The second kappa shape index (κ2) is 9.80. The van der Waals surface area contributed by atoms with Crippen molar-refractivity contribution < 1.29 is 17.9 Å². The second-order valence-corrected chi connectivity index (χ2v) is 9.50. The summed E-state index contributed by atoms with van der Waals surface area (Å²) in [7, 11) is -3.80. The van der Waals surface area contributed by atoms with Gasteiger partial charge in [-0.15, -0.1) is 0 Å². The molecule has 0 bridgehead atoms. The molecule has 172 valence electrons. The lowest BCUT2D eigenvalue weighted by atomic mass is 10.1. The molecule has 0 spiro atoms. The highest BCUT2D eigenvalue weighted by Gasteiger charge is 2.17. The lowest BCUT2D eigenvalue weighted by molar-refractivity contribution is 0.102. The zero-order valence-electron chi connectivity index (χ0n) is 18.8. The van der Waals surface area contributed by atoms with Crippen LogP contribution < -0.4 is 14.8 Å². The van der Waals surface area contributed by atoms with E-state index in [-0.39, 0.29) is 10.8 Å². The zero-order chi connectivity index (χ0) is 24.1. The fraction of sp³-hybridized carbons (Fsp3) is 0.0741. The Morgan fingerprint density at radius 3 is 2.18 bits per heavy atom. The van der Waals surface area contributed by atoms with Crippen LogP contribution in [-0.4, -0.2) is 14.3 Å². The molecule has 7 heteroatoms. The van der Waals surface area contributed by atoms with Crippen molar-refractivity contribution >= 4 is 27.3 Å². The molecule has 4 rings (SSSR count). The molecule has 4 aromatic carbocycles. The Morgan fingerprint density at radius 2 is 1.44 bits per heavy atom. The summed E-state index contributed by atoms with van der Waals surface area (Å²) in [6.45, 7) is 3.66. The largest absolute Gasteiger partial charge is 0.455 e. The first-order chi connectivity index (χ1) is 16.3. The minimum absolute atomic E-state index is 0.152. The summed E-state index contributed by atoms with van der Waals surface area (Å²) in [5.41, 5.74) is 2.80. The number of para-hydroxylation sites is 3. The van der Waals surface area contributed by atoms with Crippen LogP contribution in [0, 0.1) is 13.8 Å². The van der Waals surface area contributed by atoms with Gasteiger partial charge in [0.15, 0.2) is 5.75 Å². The van der Waals surface area contributed by atoms with E-state index in [1.807, 2.05) is 43.3 Å². The lowest BCUT2D eigenvalue weighted by Crippen LogP contribution is -2.16. The van der Waals surface area contributed by atoms with Gasteiger partial charge in [0.1, 0.15) is 5.75 Å². The van der Waals surface area contributed by atoms with Gasteiger partial charge in [0.25, 0.3) is 15.9 Å². The number of amides is 1. The third-order valence-electron chi connectivity index (χ3n) is 5.18. The molecule has 4 aromatic rings. The summed E-state index contributed by atoms with van der Waals surface area (Å²) in [6, 6.07) is 27.8. The number of carbonyl (C=O) groups is 1. The number of sulfonamides is 1. The van der Waals surface area contributed by atoms with Gasteiger partial charge in [0, 0.05) is 5.56 Å². The molecule has 1 amide bonds. The third-order valence-corrected chi connectivity index (χ3v) is 6.56. The molecule has 0 unspecified atom stereocenters. The van der Waals surface area contributed by atoms with Gasteiger partial charge in [-0.05, 0) is 67.9 Å². The van der Waals surface area contributed by atoms with E-state index >= 15 is 0 Å². The van der Waals surface area contributed by atoms with E-state index in [0.29, 0.717) is 34.0 Å². The van der Waals surface area contributed by atoms with Crippen molar-refractivity contribution in [3.63, 3.8) is 0 Å². The summed E-state index contributed by atoms with van der Waals surface area (Å²) in [5.74, 6) is 0.752. The first kappa shape index (κ1) is 23.1. The van der Waals surface area contributed by atoms with Gasteiger partial charge >= 0.3 is 0 Å². The number of carbonyl (C=O) groups excluding carboxylic acids is 1. The molecule has 0 aliphatic heterocycles. The molecule has 0 aliphatic carbocycles. The SMILES string of the molecule is Cc1ccc(S(=O)(=O)Nc2cc(C(=O)Nc3ccccc3Oc3ccccc3)ccc2C)cc1. The van der Waals surface area contributed by atoms with Gasteiger partial charge in [-0.3, -0.25) is 9.52 Å². The molecule has 34 heavy (non-hydrogen) atoms. The smallest absolute Gasteiger partial charge is 0.261 e. The summed E-state index contributed by atoms with van der Waals surface area (Å²) in [5, 5.41) is 2.85. The van der Waals surface area contributed by atoms with Crippen molar-refractivity contribution in [1.82, 2.24) is 0 Å². The zero-order valence-corrected chi connectivity index (χ0v) is 19.6. The average molecular weight is 473 g/mol. The van der Waals surface area contributed by atoms with Crippen LogP contribution in [0.5, 0.6) is 11.5 Å². The van der Waals surface area contributed by atoms with Gasteiger partial charge in [-0.1, -0.05) is 54.1 Å².